The molecule has 4 rings (SSSR count). The van der Waals surface area contributed by atoms with Crippen molar-refractivity contribution in [1.82, 2.24) is 4.98 Å². The number of anilines is 1. The first-order valence-electron chi connectivity index (χ1n) is 9.27. The second-order valence-corrected chi connectivity index (χ2v) is 7.44. The average Bonchev–Trinajstić information content (AvgIpc) is 2.78. The van der Waals surface area contributed by atoms with E-state index in [4.69, 9.17) is 9.47 Å². The molecule has 0 amide bonds. The number of hydrogen-bond acceptors (Lipinski definition) is 4. The number of rotatable bonds is 7. The molecule has 0 saturated heterocycles. The average molecular weight is 420 g/mol. The highest BCUT2D eigenvalue weighted by molar-refractivity contribution is 7.80. The number of hydrogen-bond donors (Lipinski definition) is 1. The number of fused-ring (bicyclic) bond motifs is 1. The van der Waals surface area contributed by atoms with Crippen LogP contribution in [0.4, 0.5) is 5.69 Å². The Labute approximate surface area is 177 Å². The van der Waals surface area contributed by atoms with Crippen molar-refractivity contribution in [2.45, 2.75) is 6.54 Å². The van der Waals surface area contributed by atoms with E-state index in [1.165, 1.54) is 4.31 Å². The normalized spacial score (nSPS) is 11.8. The van der Waals surface area contributed by atoms with Crippen LogP contribution in [0.1, 0.15) is 5.56 Å². The third-order valence-electron chi connectivity index (χ3n) is 4.62. The van der Waals surface area contributed by atoms with Crippen molar-refractivity contribution in [1.29, 1.82) is 0 Å². The first-order chi connectivity index (χ1) is 14.6. The molecule has 0 aliphatic heterocycles. The molecule has 1 N–H and O–H groups in total. The molecule has 0 fully saturated rings. The lowest BCUT2D eigenvalue weighted by molar-refractivity contribution is 0.415. The second kappa shape index (κ2) is 8.94. The molecule has 1 heterocycles. The van der Waals surface area contributed by atoms with Crippen LogP contribution in [0.2, 0.25) is 0 Å². The minimum Gasteiger partial charge on any atom is -0.497 e. The van der Waals surface area contributed by atoms with Crippen LogP contribution in [0, 0.1) is 0 Å². The monoisotopic (exact) mass is 420 g/mol. The lowest BCUT2D eigenvalue weighted by atomic mass is 10.2. The van der Waals surface area contributed by atoms with Gasteiger partial charge in [0.1, 0.15) is 17.2 Å². The highest BCUT2D eigenvalue weighted by Gasteiger charge is 2.13. The predicted octanol–water partition coefficient (Wildman–Crippen LogP) is 5.18. The summed E-state index contributed by atoms with van der Waals surface area (Å²) in [7, 11) is 1.61. The Morgan fingerprint density at radius 2 is 1.70 bits per heavy atom. The number of nitrogens with zero attached hydrogens (tertiary/aromatic N) is 2. The SMILES string of the molecule is COc1ccc2c(Oc3ccc(N(Cc4ccccc4)S(=O)O)cc3)ccnc2c1. The Bertz CT molecular complexity index is 1170. The maximum absolute atomic E-state index is 11.9. The van der Waals surface area contributed by atoms with Crippen LogP contribution in [0.15, 0.2) is 85.1 Å². The zero-order valence-electron chi connectivity index (χ0n) is 16.3. The Morgan fingerprint density at radius 1 is 0.967 bits per heavy atom. The fourth-order valence-electron chi connectivity index (χ4n) is 3.11. The van der Waals surface area contributed by atoms with Crippen LogP contribution in [-0.2, 0) is 17.8 Å². The molecule has 4 aromatic rings. The molecule has 30 heavy (non-hydrogen) atoms. The van der Waals surface area contributed by atoms with Gasteiger partial charge in [-0.2, -0.15) is 0 Å². The van der Waals surface area contributed by atoms with E-state index in [0.29, 0.717) is 23.7 Å². The molecule has 6 nitrogen and oxygen atoms in total. The van der Waals surface area contributed by atoms with Crippen molar-refractivity contribution in [2.24, 2.45) is 0 Å². The third-order valence-corrected chi connectivity index (χ3v) is 5.34. The van der Waals surface area contributed by atoms with E-state index in [1.54, 1.807) is 43.6 Å². The Hall–Kier alpha value is -3.42. The standard InChI is InChI=1S/C23H20N2O4S/c1-28-20-11-12-21-22(15-20)24-14-13-23(21)29-19-9-7-18(8-10-19)25(30(26)27)16-17-5-3-2-4-6-17/h2-15H,16H2,1H3,(H,26,27). The molecule has 0 aliphatic rings. The molecular weight excluding hydrogens is 400 g/mol. The second-order valence-electron chi connectivity index (χ2n) is 6.54. The smallest absolute Gasteiger partial charge is 0.262 e. The van der Waals surface area contributed by atoms with Gasteiger partial charge in [-0.1, -0.05) is 30.3 Å². The van der Waals surface area contributed by atoms with Crippen LogP contribution >= 0.6 is 0 Å². The first kappa shape index (κ1) is 19.9. The Morgan fingerprint density at radius 3 is 2.40 bits per heavy atom. The van der Waals surface area contributed by atoms with Gasteiger partial charge in [0.15, 0.2) is 0 Å². The van der Waals surface area contributed by atoms with E-state index in [1.807, 2.05) is 48.5 Å². The molecule has 1 unspecified atom stereocenters. The number of aromatic nitrogens is 1. The summed E-state index contributed by atoms with van der Waals surface area (Å²) in [6.45, 7) is 0.320. The van der Waals surface area contributed by atoms with E-state index in [-0.39, 0.29) is 0 Å². The first-order valence-corrected chi connectivity index (χ1v) is 10.3. The highest BCUT2D eigenvalue weighted by atomic mass is 32.2. The maximum Gasteiger partial charge on any atom is 0.262 e. The largest absolute Gasteiger partial charge is 0.497 e. The fraction of sp³-hybridized carbons (Fsp3) is 0.0870. The van der Waals surface area contributed by atoms with Crippen molar-refractivity contribution in [3.05, 3.63) is 90.6 Å². The van der Waals surface area contributed by atoms with Gasteiger partial charge in [-0.05, 0) is 48.0 Å². The number of methoxy groups -OCH3 is 1. The van der Waals surface area contributed by atoms with Crippen LogP contribution in [-0.4, -0.2) is 20.9 Å². The summed E-state index contributed by atoms with van der Waals surface area (Å²) in [6, 6.07) is 24.0. The van der Waals surface area contributed by atoms with Crippen molar-refractivity contribution < 1.29 is 18.2 Å². The van der Waals surface area contributed by atoms with Crippen LogP contribution in [0.5, 0.6) is 17.2 Å². The summed E-state index contributed by atoms with van der Waals surface area (Å²) in [4.78, 5) is 4.36. The van der Waals surface area contributed by atoms with Gasteiger partial charge < -0.3 is 9.47 Å². The minimum atomic E-state index is -2.15. The zero-order valence-corrected chi connectivity index (χ0v) is 17.1. The Kier molecular flexibility index (Phi) is 5.92. The number of pyridine rings is 1. The number of benzene rings is 3. The van der Waals surface area contributed by atoms with Gasteiger partial charge in [-0.15, -0.1) is 0 Å². The Balaban J connectivity index is 1.56. The molecule has 1 aromatic heterocycles. The predicted molar refractivity (Wildman–Crippen MR) is 118 cm³/mol. The summed E-state index contributed by atoms with van der Waals surface area (Å²) in [5.74, 6) is 2.01. The van der Waals surface area contributed by atoms with Crippen molar-refractivity contribution >= 4 is 27.9 Å². The molecule has 3 aromatic carbocycles. The molecule has 1 atom stereocenters. The third kappa shape index (κ3) is 4.42. The molecular formula is C23H20N2O4S. The molecule has 152 valence electrons. The van der Waals surface area contributed by atoms with E-state index >= 15 is 0 Å². The van der Waals surface area contributed by atoms with Crippen LogP contribution < -0.4 is 13.8 Å². The lowest BCUT2D eigenvalue weighted by Gasteiger charge is -2.20. The molecule has 0 saturated carbocycles. The molecule has 0 bridgehead atoms. The van der Waals surface area contributed by atoms with Crippen molar-refractivity contribution in [2.75, 3.05) is 11.4 Å². The van der Waals surface area contributed by atoms with E-state index in [2.05, 4.69) is 4.98 Å². The summed E-state index contributed by atoms with van der Waals surface area (Å²) in [5, 5.41) is 0.865. The highest BCUT2D eigenvalue weighted by Crippen LogP contribution is 2.32. The summed E-state index contributed by atoms with van der Waals surface area (Å²) < 4.78 is 34.3. The molecule has 0 radical (unpaired) electrons. The van der Waals surface area contributed by atoms with E-state index in [0.717, 1.165) is 22.2 Å². The van der Waals surface area contributed by atoms with Gasteiger partial charge in [-0.25, -0.2) is 4.21 Å². The molecule has 7 heteroatoms. The van der Waals surface area contributed by atoms with Crippen LogP contribution in [0.3, 0.4) is 0 Å². The van der Waals surface area contributed by atoms with Gasteiger partial charge in [0.2, 0.25) is 0 Å². The van der Waals surface area contributed by atoms with Gasteiger partial charge >= 0.3 is 0 Å². The fourth-order valence-corrected chi connectivity index (χ4v) is 3.67. The van der Waals surface area contributed by atoms with Gasteiger partial charge in [-0.3, -0.25) is 13.8 Å². The zero-order chi connectivity index (χ0) is 20.9. The maximum atomic E-state index is 11.9. The summed E-state index contributed by atoms with van der Waals surface area (Å²) in [6.07, 6.45) is 1.68. The van der Waals surface area contributed by atoms with Gasteiger partial charge in [0.05, 0.1) is 24.9 Å². The lowest BCUT2D eigenvalue weighted by Crippen LogP contribution is -2.24. The van der Waals surface area contributed by atoms with Gasteiger partial charge in [0.25, 0.3) is 11.3 Å². The van der Waals surface area contributed by atoms with Gasteiger partial charge in [0, 0.05) is 17.6 Å². The minimum absolute atomic E-state index is 0.320. The van der Waals surface area contributed by atoms with Crippen molar-refractivity contribution in [3.8, 4) is 17.2 Å². The number of ether oxygens (including phenoxy) is 2. The van der Waals surface area contributed by atoms with E-state index in [9.17, 15) is 8.76 Å². The molecule has 0 spiro atoms. The quantitative estimate of drug-likeness (QED) is 0.417. The topological polar surface area (TPSA) is 71.9 Å². The summed E-state index contributed by atoms with van der Waals surface area (Å²) in [5.41, 5.74) is 2.34. The van der Waals surface area contributed by atoms with Crippen molar-refractivity contribution in [3.63, 3.8) is 0 Å². The molecule has 0 aliphatic carbocycles. The van der Waals surface area contributed by atoms with Crippen LogP contribution in [0.25, 0.3) is 10.9 Å². The van der Waals surface area contributed by atoms with E-state index < -0.39 is 11.3 Å². The summed E-state index contributed by atoms with van der Waals surface area (Å²) >= 11 is -2.15.